The van der Waals surface area contributed by atoms with Gasteiger partial charge in [-0.3, -0.25) is 9.59 Å². The van der Waals surface area contributed by atoms with Gasteiger partial charge in [-0.15, -0.1) is 0 Å². The largest absolute Gasteiger partial charge is 0.462 e. The van der Waals surface area contributed by atoms with Crippen LogP contribution in [0, 0.1) is 35.5 Å². The van der Waals surface area contributed by atoms with Crippen molar-refractivity contribution < 1.29 is 27.9 Å². The zero-order chi connectivity index (χ0) is 40.3. The highest BCUT2D eigenvalue weighted by atomic mass is 28.4. The molecule has 4 aliphatic rings. The summed E-state index contributed by atoms with van der Waals surface area (Å²) in [6.07, 6.45) is 12.3. The molecule has 0 N–H and O–H groups in total. The maximum Gasteiger partial charge on any atom is 0.309 e. The van der Waals surface area contributed by atoms with Crippen molar-refractivity contribution >= 4 is 38.9 Å². The average Bonchev–Trinajstić information content (AvgIpc) is 3.14. The smallest absolute Gasteiger partial charge is 0.309 e. The summed E-state index contributed by atoms with van der Waals surface area (Å²) in [5.74, 6) is 1.97. The van der Waals surface area contributed by atoms with Gasteiger partial charge in [-0.1, -0.05) is 135 Å². The van der Waals surface area contributed by atoms with Gasteiger partial charge in [0.1, 0.15) is 12.2 Å². The number of cyclic esters (lactones) is 1. The number of hydrogen-bond donors (Lipinski definition) is 0. The van der Waals surface area contributed by atoms with Crippen LogP contribution >= 0.6 is 0 Å². The second-order valence-corrected chi connectivity index (χ2v) is 29.9. The van der Waals surface area contributed by atoms with Crippen LogP contribution in [-0.2, 0) is 27.9 Å². The highest BCUT2D eigenvalue weighted by Gasteiger charge is 2.53. The Bertz CT molecular complexity index is 1540. The Kier molecular flexibility index (Phi) is 13.9. The number of benzene rings is 2. The Labute approximate surface area is 341 Å². The van der Waals surface area contributed by atoms with E-state index in [1.807, 2.05) is 0 Å². The van der Waals surface area contributed by atoms with Crippen molar-refractivity contribution in [3.8, 4) is 0 Å². The molecule has 3 saturated carbocycles. The number of fused-ring (bicyclic) bond motifs is 1. The first-order valence-electron chi connectivity index (χ1n) is 22.3. The van der Waals surface area contributed by atoms with Crippen molar-refractivity contribution in [3.05, 3.63) is 60.7 Å². The van der Waals surface area contributed by atoms with E-state index >= 15 is 0 Å². The molecule has 8 atom stereocenters. The summed E-state index contributed by atoms with van der Waals surface area (Å²) in [6.45, 7) is 21.5. The van der Waals surface area contributed by atoms with Gasteiger partial charge >= 0.3 is 11.9 Å². The highest BCUT2D eigenvalue weighted by Crippen LogP contribution is 2.52. The molecule has 2 aromatic carbocycles. The van der Waals surface area contributed by atoms with Crippen LogP contribution in [0.5, 0.6) is 0 Å². The standard InChI is InChI=1S/C48H74O6Si2/c1-34-25-26-37-29-35(33-51-56(48(5,6)7,40-21-15-11-16-22-40)41-23-17-12-18-24-41)30-43(53-46(50)36-19-13-10-14-20-36)45(37)42(34)28-27-38-31-39(32-44(49)52-38)54-55(8,9)47(2,3)4/h11-12,15-18,21-24,34-39,42-43,45H,10,13-14,19-20,25-33H2,1-9H3/t34-,35-,37-,38+,39+,42-,43-,45-/m0/s1. The third kappa shape index (κ3) is 9.77. The van der Waals surface area contributed by atoms with Crippen LogP contribution in [0.25, 0.3) is 0 Å². The molecule has 1 saturated heterocycles. The van der Waals surface area contributed by atoms with Gasteiger partial charge < -0.3 is 18.3 Å². The van der Waals surface area contributed by atoms with Crippen LogP contribution in [0.3, 0.4) is 0 Å². The van der Waals surface area contributed by atoms with Crippen molar-refractivity contribution in [3.63, 3.8) is 0 Å². The van der Waals surface area contributed by atoms with Crippen LogP contribution in [0.2, 0.25) is 23.2 Å². The SMILES string of the molecule is C[C@H]1CC[C@H]2C[C@H](CO[Si](c3ccccc3)(c3ccccc3)C(C)(C)C)C[C@H](OC(=O)C3CCCCC3)[C@@H]2[C@H]1CC[C@@H]1C[C@@H](O[Si](C)(C)C(C)(C)C)CC(=O)O1. The average molecular weight is 803 g/mol. The molecule has 0 spiro atoms. The van der Waals surface area contributed by atoms with Crippen molar-refractivity contribution in [2.75, 3.05) is 6.61 Å². The molecule has 3 aliphatic carbocycles. The predicted octanol–water partition coefficient (Wildman–Crippen LogP) is 10.6. The first kappa shape index (κ1) is 43.3. The molecule has 0 unspecified atom stereocenters. The summed E-state index contributed by atoms with van der Waals surface area (Å²) >= 11 is 0. The van der Waals surface area contributed by atoms with Crippen LogP contribution in [-0.4, -0.2) is 53.5 Å². The van der Waals surface area contributed by atoms with Crippen molar-refractivity contribution in [1.29, 1.82) is 0 Å². The summed E-state index contributed by atoms with van der Waals surface area (Å²) in [5.41, 5.74) is 0. The summed E-state index contributed by atoms with van der Waals surface area (Å²) < 4.78 is 27.2. The zero-order valence-electron chi connectivity index (χ0n) is 36.3. The number of carbonyl (C=O) groups excluding carboxylic acids is 2. The van der Waals surface area contributed by atoms with Crippen LogP contribution in [0.1, 0.15) is 132 Å². The number of esters is 2. The Hall–Kier alpha value is -2.27. The third-order valence-electron chi connectivity index (χ3n) is 14.9. The summed E-state index contributed by atoms with van der Waals surface area (Å²) in [6, 6.07) is 21.9. The van der Waals surface area contributed by atoms with Gasteiger partial charge in [-0.2, -0.15) is 0 Å². The molecular weight excluding hydrogens is 729 g/mol. The molecule has 6 rings (SSSR count). The first-order chi connectivity index (χ1) is 26.5. The molecule has 0 amide bonds. The van der Waals surface area contributed by atoms with E-state index in [-0.39, 0.29) is 46.2 Å². The van der Waals surface area contributed by atoms with Gasteiger partial charge in [0.25, 0.3) is 8.32 Å². The van der Waals surface area contributed by atoms with Gasteiger partial charge in [0.2, 0.25) is 0 Å². The quantitative estimate of drug-likeness (QED) is 0.157. The molecule has 6 nitrogen and oxygen atoms in total. The molecule has 0 aromatic heterocycles. The molecular formula is C48H74O6Si2. The lowest BCUT2D eigenvalue weighted by Crippen LogP contribution is -2.67. The lowest BCUT2D eigenvalue weighted by Gasteiger charge is -2.51. The number of rotatable bonds is 12. The Morgan fingerprint density at radius 1 is 0.786 bits per heavy atom. The highest BCUT2D eigenvalue weighted by molar-refractivity contribution is 6.99. The monoisotopic (exact) mass is 803 g/mol. The van der Waals surface area contributed by atoms with Gasteiger partial charge in [0.15, 0.2) is 8.32 Å². The normalized spacial score (nSPS) is 29.6. The Morgan fingerprint density at radius 3 is 2.00 bits per heavy atom. The van der Waals surface area contributed by atoms with Gasteiger partial charge in [0, 0.05) is 18.9 Å². The Balaban J connectivity index is 1.23. The molecule has 56 heavy (non-hydrogen) atoms. The van der Waals surface area contributed by atoms with Gasteiger partial charge in [-0.05, 0) is 102 Å². The summed E-state index contributed by atoms with van der Waals surface area (Å²) in [4.78, 5) is 26.9. The second-order valence-electron chi connectivity index (χ2n) is 20.8. The number of hydrogen-bond acceptors (Lipinski definition) is 6. The fraction of sp³-hybridized carbons (Fsp3) is 0.708. The maximum atomic E-state index is 14.0. The van der Waals surface area contributed by atoms with E-state index in [1.165, 1.54) is 23.2 Å². The molecule has 1 heterocycles. The minimum Gasteiger partial charge on any atom is -0.462 e. The van der Waals surface area contributed by atoms with Crippen LogP contribution in [0.4, 0.5) is 0 Å². The lowest BCUT2D eigenvalue weighted by atomic mass is 9.58. The fourth-order valence-corrected chi connectivity index (χ4v) is 16.9. The number of ether oxygens (including phenoxy) is 2. The molecule has 1 aliphatic heterocycles. The van der Waals surface area contributed by atoms with Crippen molar-refractivity contribution in [1.82, 2.24) is 0 Å². The predicted molar refractivity (Wildman–Crippen MR) is 232 cm³/mol. The lowest BCUT2D eigenvalue weighted by molar-refractivity contribution is -0.171. The van der Waals surface area contributed by atoms with E-state index in [2.05, 4.69) is 122 Å². The molecule has 0 bridgehead atoms. The minimum absolute atomic E-state index is 0.0230. The molecule has 8 heteroatoms. The third-order valence-corrected chi connectivity index (χ3v) is 24.4. The van der Waals surface area contributed by atoms with Gasteiger partial charge in [0.05, 0.1) is 18.4 Å². The minimum atomic E-state index is -2.71. The van der Waals surface area contributed by atoms with Crippen molar-refractivity contribution in [2.45, 2.75) is 173 Å². The maximum absolute atomic E-state index is 14.0. The van der Waals surface area contributed by atoms with Crippen LogP contribution in [0.15, 0.2) is 60.7 Å². The van der Waals surface area contributed by atoms with E-state index in [4.69, 9.17) is 18.3 Å². The molecule has 4 fully saturated rings. The fourth-order valence-electron chi connectivity index (χ4n) is 10.9. The Morgan fingerprint density at radius 2 is 1.41 bits per heavy atom. The van der Waals surface area contributed by atoms with Gasteiger partial charge in [-0.25, -0.2) is 0 Å². The first-order valence-corrected chi connectivity index (χ1v) is 27.1. The van der Waals surface area contributed by atoms with E-state index in [0.29, 0.717) is 42.6 Å². The topological polar surface area (TPSA) is 71.1 Å². The number of carbonyl (C=O) groups is 2. The second kappa shape index (κ2) is 17.9. The summed E-state index contributed by atoms with van der Waals surface area (Å²) in [5, 5.41) is 2.60. The van der Waals surface area contributed by atoms with E-state index in [1.54, 1.807) is 0 Å². The van der Waals surface area contributed by atoms with Crippen molar-refractivity contribution in [2.24, 2.45) is 35.5 Å². The van der Waals surface area contributed by atoms with Crippen LogP contribution < -0.4 is 10.4 Å². The van der Waals surface area contributed by atoms with E-state index in [0.717, 1.165) is 64.2 Å². The molecule has 310 valence electrons. The van der Waals surface area contributed by atoms with E-state index in [9.17, 15) is 9.59 Å². The molecule has 2 aromatic rings. The summed E-state index contributed by atoms with van der Waals surface area (Å²) in [7, 11) is -4.73. The molecule has 0 radical (unpaired) electrons. The zero-order valence-corrected chi connectivity index (χ0v) is 38.3. The van der Waals surface area contributed by atoms with E-state index < -0.39 is 16.6 Å².